The molecule has 4 aromatic rings. The van der Waals surface area contributed by atoms with Gasteiger partial charge in [-0.15, -0.1) is 0 Å². The van der Waals surface area contributed by atoms with Crippen molar-refractivity contribution in [1.82, 2.24) is 4.98 Å². The standard InChI is InChI=1S/C23H17N3O3S/c1-15-6-8-16(9-7-15)21-22(17-10-12-19(13-11-17)26(28)29)30-23(25-21)24-14-18-4-2-3-5-20(18)27/h2-14,27H,1H3. The highest BCUT2D eigenvalue weighted by atomic mass is 32.1. The molecule has 30 heavy (non-hydrogen) atoms. The first-order chi connectivity index (χ1) is 14.5. The maximum Gasteiger partial charge on any atom is 0.269 e. The van der Waals surface area contributed by atoms with Gasteiger partial charge in [0.25, 0.3) is 5.69 Å². The fourth-order valence-corrected chi connectivity index (χ4v) is 3.86. The summed E-state index contributed by atoms with van der Waals surface area (Å²) in [6.07, 6.45) is 1.58. The number of aryl methyl sites for hydroxylation is 1. The van der Waals surface area contributed by atoms with Crippen LogP contribution in [-0.4, -0.2) is 21.2 Å². The van der Waals surface area contributed by atoms with E-state index in [0.717, 1.165) is 27.3 Å². The number of benzene rings is 3. The molecule has 0 aliphatic carbocycles. The molecular weight excluding hydrogens is 398 g/mol. The third kappa shape index (κ3) is 4.11. The minimum absolute atomic E-state index is 0.0398. The number of nitro benzene ring substituents is 1. The predicted octanol–water partition coefficient (Wildman–Crippen LogP) is 6.15. The minimum Gasteiger partial charge on any atom is -0.507 e. The molecule has 0 bridgehead atoms. The third-order valence-electron chi connectivity index (χ3n) is 4.53. The van der Waals surface area contributed by atoms with E-state index < -0.39 is 4.92 Å². The molecule has 0 amide bonds. The molecule has 4 rings (SSSR count). The van der Waals surface area contributed by atoms with E-state index in [2.05, 4.69) is 4.99 Å². The average Bonchev–Trinajstić information content (AvgIpc) is 3.18. The molecule has 1 N–H and O–H groups in total. The zero-order chi connectivity index (χ0) is 21.1. The maximum atomic E-state index is 11.0. The molecule has 0 radical (unpaired) electrons. The van der Waals surface area contributed by atoms with Crippen LogP contribution in [0.15, 0.2) is 77.8 Å². The molecule has 0 unspecified atom stereocenters. The summed E-state index contributed by atoms with van der Waals surface area (Å²) in [5, 5.41) is 21.4. The number of hydrogen-bond donors (Lipinski definition) is 1. The van der Waals surface area contributed by atoms with Crippen LogP contribution in [0.25, 0.3) is 21.7 Å². The Bertz CT molecular complexity index is 1230. The summed E-state index contributed by atoms with van der Waals surface area (Å²) >= 11 is 1.39. The van der Waals surface area contributed by atoms with Crippen LogP contribution in [0.2, 0.25) is 0 Å². The van der Waals surface area contributed by atoms with Crippen LogP contribution >= 0.6 is 11.3 Å². The highest BCUT2D eigenvalue weighted by Gasteiger charge is 2.16. The van der Waals surface area contributed by atoms with E-state index in [-0.39, 0.29) is 11.4 Å². The number of rotatable bonds is 5. The summed E-state index contributed by atoms with van der Waals surface area (Å²) in [7, 11) is 0. The molecule has 0 spiro atoms. The van der Waals surface area contributed by atoms with Crippen molar-refractivity contribution in [2.24, 2.45) is 4.99 Å². The lowest BCUT2D eigenvalue weighted by molar-refractivity contribution is -0.384. The average molecular weight is 415 g/mol. The molecule has 1 aromatic heterocycles. The number of nitrogens with zero attached hydrogens (tertiary/aromatic N) is 3. The molecule has 148 valence electrons. The lowest BCUT2D eigenvalue weighted by atomic mass is 10.1. The second kappa shape index (κ2) is 8.26. The lowest BCUT2D eigenvalue weighted by Gasteiger charge is -2.03. The van der Waals surface area contributed by atoms with E-state index in [0.29, 0.717) is 10.7 Å². The SMILES string of the molecule is Cc1ccc(-c2nc(N=Cc3ccccc3O)sc2-c2ccc([N+](=O)[O-])cc2)cc1. The molecule has 0 fully saturated rings. The van der Waals surface area contributed by atoms with Gasteiger partial charge in [-0.1, -0.05) is 53.3 Å². The number of aliphatic imine (C=N–C) groups is 1. The monoisotopic (exact) mass is 415 g/mol. The maximum absolute atomic E-state index is 11.0. The van der Waals surface area contributed by atoms with Gasteiger partial charge in [-0.25, -0.2) is 9.98 Å². The molecule has 0 aliphatic rings. The van der Waals surface area contributed by atoms with E-state index in [9.17, 15) is 15.2 Å². The number of para-hydroxylation sites is 1. The van der Waals surface area contributed by atoms with Crippen LogP contribution in [0.1, 0.15) is 11.1 Å². The van der Waals surface area contributed by atoms with E-state index in [4.69, 9.17) is 4.98 Å². The number of phenols is 1. The summed E-state index contributed by atoms with van der Waals surface area (Å²) in [5.41, 5.74) is 4.31. The molecule has 7 heteroatoms. The molecule has 0 aliphatic heterocycles. The Kier molecular flexibility index (Phi) is 5.36. The van der Waals surface area contributed by atoms with E-state index in [1.165, 1.54) is 23.5 Å². The first kappa shape index (κ1) is 19.5. The van der Waals surface area contributed by atoms with Crippen molar-refractivity contribution in [2.45, 2.75) is 6.92 Å². The van der Waals surface area contributed by atoms with Gasteiger partial charge in [0, 0.05) is 29.5 Å². The van der Waals surface area contributed by atoms with Crippen molar-refractivity contribution < 1.29 is 10.0 Å². The van der Waals surface area contributed by atoms with Gasteiger partial charge < -0.3 is 5.11 Å². The Morgan fingerprint density at radius 3 is 2.33 bits per heavy atom. The fourth-order valence-electron chi connectivity index (χ4n) is 2.92. The number of nitro groups is 1. The van der Waals surface area contributed by atoms with Gasteiger partial charge in [-0.3, -0.25) is 10.1 Å². The van der Waals surface area contributed by atoms with Crippen molar-refractivity contribution in [3.8, 4) is 27.4 Å². The van der Waals surface area contributed by atoms with Gasteiger partial charge in [0.2, 0.25) is 5.13 Å². The van der Waals surface area contributed by atoms with E-state index in [1.54, 1.807) is 36.5 Å². The zero-order valence-corrected chi connectivity index (χ0v) is 16.8. The van der Waals surface area contributed by atoms with Crippen LogP contribution in [0.4, 0.5) is 10.8 Å². The van der Waals surface area contributed by atoms with Gasteiger partial charge in [-0.05, 0) is 36.8 Å². The Morgan fingerprint density at radius 2 is 1.67 bits per heavy atom. The van der Waals surface area contributed by atoms with Crippen molar-refractivity contribution in [3.05, 3.63) is 94.0 Å². The Hall–Kier alpha value is -3.84. The number of aromatic hydroxyl groups is 1. The lowest BCUT2D eigenvalue weighted by Crippen LogP contribution is -1.87. The Balaban J connectivity index is 1.78. The molecule has 6 nitrogen and oxygen atoms in total. The molecule has 3 aromatic carbocycles. The number of aromatic nitrogens is 1. The van der Waals surface area contributed by atoms with Crippen molar-refractivity contribution in [3.63, 3.8) is 0 Å². The second-order valence-corrected chi connectivity index (χ2v) is 7.64. The quantitative estimate of drug-likeness (QED) is 0.240. The highest BCUT2D eigenvalue weighted by Crippen LogP contribution is 2.40. The number of hydrogen-bond acceptors (Lipinski definition) is 6. The van der Waals surface area contributed by atoms with Crippen molar-refractivity contribution in [1.29, 1.82) is 0 Å². The van der Waals surface area contributed by atoms with E-state index >= 15 is 0 Å². The summed E-state index contributed by atoms with van der Waals surface area (Å²) < 4.78 is 0. The fraction of sp³-hybridized carbons (Fsp3) is 0.0435. The van der Waals surface area contributed by atoms with Crippen LogP contribution in [0.3, 0.4) is 0 Å². The van der Waals surface area contributed by atoms with Gasteiger partial charge >= 0.3 is 0 Å². The predicted molar refractivity (Wildman–Crippen MR) is 120 cm³/mol. The minimum atomic E-state index is -0.417. The molecule has 0 atom stereocenters. The van der Waals surface area contributed by atoms with Crippen LogP contribution in [0, 0.1) is 17.0 Å². The summed E-state index contributed by atoms with van der Waals surface area (Å²) in [6.45, 7) is 2.02. The van der Waals surface area contributed by atoms with Crippen LogP contribution in [-0.2, 0) is 0 Å². The van der Waals surface area contributed by atoms with Crippen LogP contribution < -0.4 is 0 Å². The number of thiazole rings is 1. The largest absolute Gasteiger partial charge is 0.507 e. The first-order valence-electron chi connectivity index (χ1n) is 9.16. The number of phenolic OH excluding ortho intramolecular Hbond substituents is 1. The van der Waals surface area contributed by atoms with Gasteiger partial charge in [0.1, 0.15) is 5.75 Å². The topological polar surface area (TPSA) is 88.6 Å². The van der Waals surface area contributed by atoms with Gasteiger partial charge in [0.05, 0.1) is 15.5 Å². The summed E-state index contributed by atoms with van der Waals surface area (Å²) in [5.74, 6) is 0.146. The molecule has 0 saturated carbocycles. The second-order valence-electron chi connectivity index (χ2n) is 6.66. The Labute approximate surface area is 177 Å². The third-order valence-corrected chi connectivity index (χ3v) is 5.54. The smallest absolute Gasteiger partial charge is 0.269 e. The molecule has 0 saturated heterocycles. The Morgan fingerprint density at radius 1 is 1.00 bits per heavy atom. The normalized spacial score (nSPS) is 11.1. The molecular formula is C23H17N3O3S. The summed E-state index contributed by atoms with van der Waals surface area (Å²) in [6, 6.07) is 21.4. The van der Waals surface area contributed by atoms with Crippen LogP contribution in [0.5, 0.6) is 5.75 Å². The first-order valence-corrected chi connectivity index (χ1v) is 9.97. The van der Waals surface area contributed by atoms with Gasteiger partial charge in [-0.2, -0.15) is 0 Å². The zero-order valence-electron chi connectivity index (χ0n) is 16.0. The van der Waals surface area contributed by atoms with E-state index in [1.807, 2.05) is 37.3 Å². The van der Waals surface area contributed by atoms with Crippen molar-refractivity contribution >= 4 is 28.4 Å². The number of non-ortho nitro benzene ring substituents is 1. The summed E-state index contributed by atoms with van der Waals surface area (Å²) in [4.78, 5) is 20.6. The van der Waals surface area contributed by atoms with Gasteiger partial charge in [0.15, 0.2) is 0 Å². The highest BCUT2D eigenvalue weighted by molar-refractivity contribution is 7.19. The van der Waals surface area contributed by atoms with Crippen molar-refractivity contribution in [2.75, 3.05) is 0 Å². The molecule has 1 heterocycles.